The first-order valence-electron chi connectivity index (χ1n) is 10.9. The van der Waals surface area contributed by atoms with Crippen LogP contribution in [0.3, 0.4) is 0 Å². The maximum Gasteiger partial charge on any atom is 0.143 e. The van der Waals surface area contributed by atoms with Crippen molar-refractivity contribution >= 4 is 17.0 Å². The minimum atomic E-state index is -1.02. The first-order valence-corrected chi connectivity index (χ1v) is 12.1. The van der Waals surface area contributed by atoms with E-state index < -0.39 is 10.8 Å². The van der Waals surface area contributed by atoms with Crippen molar-refractivity contribution in [2.24, 2.45) is 4.99 Å². The van der Waals surface area contributed by atoms with Gasteiger partial charge in [0.2, 0.25) is 0 Å². The molecule has 0 aliphatic carbocycles. The van der Waals surface area contributed by atoms with Gasteiger partial charge in [0.15, 0.2) is 0 Å². The summed E-state index contributed by atoms with van der Waals surface area (Å²) in [7, 11) is -1.02. The van der Waals surface area contributed by atoms with Gasteiger partial charge in [-0.1, -0.05) is 23.8 Å². The molecule has 2 unspecified atom stereocenters. The van der Waals surface area contributed by atoms with E-state index in [4.69, 9.17) is 4.74 Å². The largest absolute Gasteiger partial charge is 0.487 e. The first-order chi connectivity index (χ1) is 14.5. The molecule has 0 amide bonds. The topological polar surface area (TPSA) is 53.9 Å². The quantitative estimate of drug-likeness (QED) is 0.566. The molecule has 30 heavy (non-hydrogen) atoms. The predicted octanol–water partition coefficient (Wildman–Crippen LogP) is 3.86. The van der Waals surface area contributed by atoms with Gasteiger partial charge in [-0.3, -0.25) is 9.89 Å². The highest BCUT2D eigenvalue weighted by atomic mass is 32.2. The SMILES string of the molecule is C/C=C(\CC=C(C)CNCC1=CC2=CC=NCC2O1)S(=O)C1=CCN(C(C)C)CC1. The van der Waals surface area contributed by atoms with Gasteiger partial charge in [0.05, 0.1) is 23.9 Å². The van der Waals surface area contributed by atoms with Crippen molar-refractivity contribution in [3.63, 3.8) is 0 Å². The molecule has 0 aromatic carbocycles. The first kappa shape index (κ1) is 22.9. The summed E-state index contributed by atoms with van der Waals surface area (Å²) in [5, 5.41) is 3.44. The van der Waals surface area contributed by atoms with E-state index in [0.717, 1.165) is 48.0 Å². The summed E-state index contributed by atoms with van der Waals surface area (Å²) in [5.74, 6) is 0.972. The van der Waals surface area contributed by atoms with Crippen LogP contribution in [0.4, 0.5) is 0 Å². The Morgan fingerprint density at radius 2 is 2.30 bits per heavy atom. The number of hydrogen-bond donors (Lipinski definition) is 1. The highest BCUT2D eigenvalue weighted by Crippen LogP contribution is 2.25. The van der Waals surface area contributed by atoms with E-state index in [1.165, 1.54) is 11.1 Å². The summed E-state index contributed by atoms with van der Waals surface area (Å²) >= 11 is 0. The van der Waals surface area contributed by atoms with Crippen LogP contribution < -0.4 is 5.32 Å². The third-order valence-corrected chi connectivity index (χ3v) is 7.44. The van der Waals surface area contributed by atoms with E-state index in [1.807, 2.05) is 25.3 Å². The minimum absolute atomic E-state index is 0.0948. The molecule has 5 nitrogen and oxygen atoms in total. The highest BCUT2D eigenvalue weighted by Gasteiger charge is 2.24. The molecule has 0 aromatic heterocycles. The molecule has 3 aliphatic heterocycles. The summed E-state index contributed by atoms with van der Waals surface area (Å²) in [6.07, 6.45) is 14.1. The fraction of sp³-hybridized carbons (Fsp3) is 0.542. The van der Waals surface area contributed by atoms with E-state index in [0.29, 0.717) is 19.1 Å². The molecular formula is C24H35N3O2S. The molecule has 3 rings (SSSR count). The molecule has 164 valence electrons. The molecule has 1 N–H and O–H groups in total. The van der Waals surface area contributed by atoms with Crippen LogP contribution in [0.25, 0.3) is 0 Å². The normalized spacial score (nSPS) is 23.6. The molecule has 0 saturated carbocycles. The maximum absolute atomic E-state index is 13.0. The third kappa shape index (κ3) is 6.13. The van der Waals surface area contributed by atoms with E-state index in [9.17, 15) is 4.21 Å². The number of hydrogen-bond acceptors (Lipinski definition) is 5. The number of fused-ring (bicyclic) bond motifs is 1. The summed E-state index contributed by atoms with van der Waals surface area (Å²) in [4.78, 5) is 8.73. The van der Waals surface area contributed by atoms with Crippen molar-refractivity contribution in [1.82, 2.24) is 10.2 Å². The molecule has 0 saturated heterocycles. The third-order valence-electron chi connectivity index (χ3n) is 5.72. The second-order valence-electron chi connectivity index (χ2n) is 8.29. The van der Waals surface area contributed by atoms with Crippen molar-refractivity contribution in [3.05, 3.63) is 57.1 Å². The van der Waals surface area contributed by atoms with Gasteiger partial charge >= 0.3 is 0 Å². The molecular weight excluding hydrogens is 394 g/mol. The summed E-state index contributed by atoms with van der Waals surface area (Å²) in [6, 6.07) is 0.537. The van der Waals surface area contributed by atoms with Gasteiger partial charge in [-0.2, -0.15) is 0 Å². The Kier molecular flexibility index (Phi) is 8.42. The van der Waals surface area contributed by atoms with E-state index in [1.54, 1.807) is 0 Å². The second kappa shape index (κ2) is 11.0. The number of dihydropyridines is 1. The van der Waals surface area contributed by atoms with Crippen molar-refractivity contribution in [2.75, 3.05) is 32.7 Å². The Balaban J connectivity index is 1.44. The fourth-order valence-corrected chi connectivity index (χ4v) is 5.04. The van der Waals surface area contributed by atoms with Gasteiger partial charge in [0.25, 0.3) is 0 Å². The van der Waals surface area contributed by atoms with Crippen LogP contribution in [-0.2, 0) is 15.5 Å². The Bertz CT molecular complexity index is 833. The Morgan fingerprint density at radius 3 is 2.97 bits per heavy atom. The molecule has 0 bridgehead atoms. The average molecular weight is 430 g/mol. The lowest BCUT2D eigenvalue weighted by Crippen LogP contribution is -2.35. The molecule has 0 fully saturated rings. The van der Waals surface area contributed by atoms with Gasteiger partial charge in [-0.05, 0) is 58.3 Å². The van der Waals surface area contributed by atoms with Crippen LogP contribution in [-0.4, -0.2) is 60.2 Å². The zero-order chi connectivity index (χ0) is 21.5. The lowest BCUT2D eigenvalue weighted by molar-refractivity contribution is 0.167. The minimum Gasteiger partial charge on any atom is -0.487 e. The number of aliphatic imine (C=N–C) groups is 1. The molecule has 6 heteroatoms. The van der Waals surface area contributed by atoms with Gasteiger partial charge in [0.1, 0.15) is 11.9 Å². The molecule has 0 radical (unpaired) electrons. The molecule has 3 heterocycles. The van der Waals surface area contributed by atoms with Crippen molar-refractivity contribution in [3.8, 4) is 0 Å². The lowest BCUT2D eigenvalue weighted by atomic mass is 10.1. The molecule has 2 atom stereocenters. The zero-order valence-electron chi connectivity index (χ0n) is 18.7. The van der Waals surface area contributed by atoms with E-state index in [-0.39, 0.29) is 6.10 Å². The van der Waals surface area contributed by atoms with Crippen LogP contribution in [0.5, 0.6) is 0 Å². The summed E-state index contributed by atoms with van der Waals surface area (Å²) in [5.41, 5.74) is 2.45. The Morgan fingerprint density at radius 1 is 1.47 bits per heavy atom. The number of nitrogens with zero attached hydrogens (tertiary/aromatic N) is 2. The van der Waals surface area contributed by atoms with Crippen LogP contribution >= 0.6 is 0 Å². The van der Waals surface area contributed by atoms with Crippen molar-refractivity contribution in [2.45, 2.75) is 52.7 Å². The zero-order valence-corrected chi connectivity index (χ0v) is 19.5. The Hall–Kier alpha value is -1.76. The maximum atomic E-state index is 13.0. The van der Waals surface area contributed by atoms with Crippen LogP contribution in [0.2, 0.25) is 0 Å². The molecule has 3 aliphatic rings. The predicted molar refractivity (Wildman–Crippen MR) is 127 cm³/mol. The summed E-state index contributed by atoms with van der Waals surface area (Å²) < 4.78 is 18.9. The smallest absolute Gasteiger partial charge is 0.143 e. The van der Waals surface area contributed by atoms with E-state index >= 15 is 0 Å². The van der Waals surface area contributed by atoms with Gasteiger partial charge < -0.3 is 10.1 Å². The number of nitrogens with one attached hydrogen (secondary N) is 1. The van der Waals surface area contributed by atoms with Crippen molar-refractivity contribution < 1.29 is 8.95 Å². The molecule has 0 aromatic rings. The lowest BCUT2D eigenvalue weighted by Gasteiger charge is -2.29. The van der Waals surface area contributed by atoms with Crippen LogP contribution in [0.15, 0.2) is 62.1 Å². The molecule has 0 spiro atoms. The fourth-order valence-electron chi connectivity index (χ4n) is 3.75. The Labute approximate surface area is 183 Å². The number of rotatable bonds is 9. The van der Waals surface area contributed by atoms with E-state index in [2.05, 4.69) is 54.2 Å². The van der Waals surface area contributed by atoms with Gasteiger partial charge in [-0.25, -0.2) is 4.21 Å². The standard InChI is InChI=1S/C24H35N3O2S/c1-5-22(30(28)23-9-12-27(13-10-23)18(2)3)7-6-19(4)15-26-16-21-14-20-8-11-25-17-24(20)29-21/h5-6,8-9,11,14,18,24,26H,7,10,12-13,15-17H2,1-4H3/b19-6?,22-5+. The van der Waals surface area contributed by atoms with Crippen molar-refractivity contribution in [1.29, 1.82) is 0 Å². The van der Waals surface area contributed by atoms with Gasteiger partial charge in [0, 0.05) is 41.7 Å². The van der Waals surface area contributed by atoms with Crippen LogP contribution in [0, 0.1) is 0 Å². The number of allylic oxidation sites excluding steroid dienone is 4. The second-order valence-corrected chi connectivity index (χ2v) is 9.88. The summed E-state index contributed by atoms with van der Waals surface area (Å²) in [6.45, 7) is 12.6. The number of ether oxygens (including phenoxy) is 1. The van der Waals surface area contributed by atoms with Crippen LogP contribution in [0.1, 0.15) is 40.5 Å². The monoisotopic (exact) mass is 429 g/mol. The average Bonchev–Trinajstić information content (AvgIpc) is 3.17. The van der Waals surface area contributed by atoms with Gasteiger partial charge in [-0.15, -0.1) is 0 Å². The highest BCUT2D eigenvalue weighted by molar-refractivity contribution is 7.92.